The highest BCUT2D eigenvalue weighted by Crippen LogP contribution is 2.33. The molecule has 0 bridgehead atoms. The predicted octanol–water partition coefficient (Wildman–Crippen LogP) is 4.36. The van der Waals surface area contributed by atoms with Gasteiger partial charge in [-0.2, -0.15) is 0 Å². The fraction of sp³-hybridized carbons (Fsp3) is 0.267. The number of nitrogens with one attached hydrogen (secondary N) is 1. The van der Waals surface area contributed by atoms with E-state index in [-0.39, 0.29) is 0 Å². The summed E-state index contributed by atoms with van der Waals surface area (Å²) in [6.07, 6.45) is 3.79. The number of ether oxygens (including phenoxy) is 1. The first kappa shape index (κ1) is 15.2. The van der Waals surface area contributed by atoms with Gasteiger partial charge >= 0.3 is 0 Å². The molecule has 5 heteroatoms. The van der Waals surface area contributed by atoms with Gasteiger partial charge in [-0.05, 0) is 36.6 Å². The minimum Gasteiger partial charge on any atom is -0.436 e. The van der Waals surface area contributed by atoms with Crippen LogP contribution in [0.4, 0.5) is 0 Å². The number of hydrogen-bond donors (Lipinski definition) is 1. The topological polar surface area (TPSA) is 34.2 Å². The van der Waals surface area contributed by atoms with Crippen LogP contribution in [0.25, 0.3) is 0 Å². The highest BCUT2D eigenvalue weighted by Gasteiger charge is 2.09. The molecule has 0 saturated heterocycles. The van der Waals surface area contributed by atoms with Crippen LogP contribution < -0.4 is 10.1 Å². The Balaban J connectivity index is 2.17. The third kappa shape index (κ3) is 3.88. The van der Waals surface area contributed by atoms with Crippen LogP contribution >= 0.6 is 23.4 Å². The molecule has 0 aliphatic heterocycles. The molecule has 106 valence electrons. The Labute approximate surface area is 128 Å². The van der Waals surface area contributed by atoms with E-state index >= 15 is 0 Å². The van der Waals surface area contributed by atoms with Gasteiger partial charge in [0.25, 0.3) is 0 Å². The number of halogens is 1. The van der Waals surface area contributed by atoms with Crippen molar-refractivity contribution in [3.63, 3.8) is 0 Å². The minimum atomic E-state index is 0.438. The van der Waals surface area contributed by atoms with E-state index in [1.54, 1.807) is 18.0 Å². The Hall–Kier alpha value is -1.23. The number of nitrogens with zero attached hydrogens (tertiary/aromatic N) is 1. The summed E-state index contributed by atoms with van der Waals surface area (Å²) in [6.45, 7) is 3.73. The Kier molecular flexibility index (Phi) is 5.71. The van der Waals surface area contributed by atoms with Crippen LogP contribution in [0.5, 0.6) is 11.6 Å². The van der Waals surface area contributed by atoms with Gasteiger partial charge in [0.1, 0.15) is 10.8 Å². The van der Waals surface area contributed by atoms with Gasteiger partial charge in [0.2, 0.25) is 5.88 Å². The van der Waals surface area contributed by atoms with Crippen LogP contribution in [0.2, 0.25) is 5.02 Å². The van der Waals surface area contributed by atoms with Crippen molar-refractivity contribution in [1.82, 2.24) is 10.3 Å². The molecule has 2 aromatic rings. The molecule has 0 fully saturated rings. The second kappa shape index (κ2) is 7.53. The molecule has 0 unspecified atom stereocenters. The second-order valence-corrected chi connectivity index (χ2v) is 5.42. The maximum Gasteiger partial charge on any atom is 0.238 e. The summed E-state index contributed by atoms with van der Waals surface area (Å²) in [4.78, 5) is 5.36. The molecule has 20 heavy (non-hydrogen) atoms. The van der Waals surface area contributed by atoms with E-state index in [4.69, 9.17) is 16.3 Å². The Bertz CT molecular complexity index is 578. The van der Waals surface area contributed by atoms with Crippen LogP contribution in [0.1, 0.15) is 12.5 Å². The van der Waals surface area contributed by atoms with E-state index < -0.39 is 0 Å². The summed E-state index contributed by atoms with van der Waals surface area (Å²) < 4.78 is 5.81. The van der Waals surface area contributed by atoms with E-state index in [0.717, 1.165) is 29.3 Å². The lowest BCUT2D eigenvalue weighted by molar-refractivity contribution is 0.452. The van der Waals surface area contributed by atoms with Gasteiger partial charge in [-0.3, -0.25) is 0 Å². The van der Waals surface area contributed by atoms with Crippen LogP contribution in [0.3, 0.4) is 0 Å². The number of rotatable bonds is 6. The number of hydrogen-bond acceptors (Lipinski definition) is 4. The average Bonchev–Trinajstić information content (AvgIpc) is 2.48. The largest absolute Gasteiger partial charge is 0.436 e. The van der Waals surface area contributed by atoms with E-state index in [2.05, 4.69) is 17.2 Å². The highest BCUT2D eigenvalue weighted by atomic mass is 35.5. The number of para-hydroxylation sites is 1. The number of aromatic nitrogens is 1. The fourth-order valence-electron chi connectivity index (χ4n) is 1.71. The van der Waals surface area contributed by atoms with Crippen LogP contribution in [0.15, 0.2) is 41.4 Å². The molecule has 1 aromatic carbocycles. The Morgan fingerprint density at radius 2 is 2.15 bits per heavy atom. The fourth-order valence-corrected chi connectivity index (χ4v) is 2.47. The molecular formula is C15H17ClN2OS. The van der Waals surface area contributed by atoms with Crippen molar-refractivity contribution < 1.29 is 4.74 Å². The summed E-state index contributed by atoms with van der Waals surface area (Å²) in [5.41, 5.74) is 1.04. The molecule has 1 aromatic heterocycles. The van der Waals surface area contributed by atoms with Crippen molar-refractivity contribution >= 4 is 23.4 Å². The van der Waals surface area contributed by atoms with Gasteiger partial charge in [0, 0.05) is 17.6 Å². The van der Waals surface area contributed by atoms with Gasteiger partial charge in [0.15, 0.2) is 0 Å². The number of benzene rings is 1. The summed E-state index contributed by atoms with van der Waals surface area (Å²) in [5, 5.41) is 3.76. The van der Waals surface area contributed by atoms with Crippen LogP contribution in [-0.2, 0) is 6.54 Å². The second-order valence-electron chi connectivity index (χ2n) is 4.16. The Morgan fingerprint density at radius 3 is 2.85 bits per heavy atom. The van der Waals surface area contributed by atoms with Gasteiger partial charge in [-0.25, -0.2) is 4.98 Å². The third-order valence-corrected chi connectivity index (χ3v) is 3.77. The molecule has 0 aliphatic rings. The molecule has 2 rings (SSSR count). The van der Waals surface area contributed by atoms with Crippen molar-refractivity contribution in [2.45, 2.75) is 18.4 Å². The normalized spacial score (nSPS) is 10.6. The minimum absolute atomic E-state index is 0.438. The first-order chi connectivity index (χ1) is 9.74. The molecule has 0 atom stereocenters. The maximum atomic E-state index is 6.23. The number of pyridine rings is 1. The number of thioether (sulfide) groups is 1. The van der Waals surface area contributed by atoms with Gasteiger partial charge < -0.3 is 10.1 Å². The zero-order chi connectivity index (χ0) is 14.4. The lowest BCUT2D eigenvalue weighted by atomic mass is 10.3. The standard InChI is InChI=1S/C15H17ClN2OS/c1-3-17-9-11-8-12(16)15(18-10-11)19-13-6-4-5-7-14(13)20-2/h4-8,10,17H,3,9H2,1-2H3. The highest BCUT2D eigenvalue weighted by molar-refractivity contribution is 7.98. The molecule has 1 heterocycles. The molecular weight excluding hydrogens is 292 g/mol. The summed E-state index contributed by atoms with van der Waals surface area (Å²) in [7, 11) is 0. The van der Waals surface area contributed by atoms with Gasteiger partial charge in [0.05, 0.1) is 0 Å². The zero-order valence-corrected chi connectivity index (χ0v) is 13.1. The SMILES string of the molecule is CCNCc1cnc(Oc2ccccc2SC)c(Cl)c1. The summed E-state index contributed by atoms with van der Waals surface area (Å²) >= 11 is 7.86. The quantitative estimate of drug-likeness (QED) is 0.804. The lowest BCUT2D eigenvalue weighted by Gasteiger charge is -2.10. The van der Waals surface area contributed by atoms with Gasteiger partial charge in [-0.15, -0.1) is 11.8 Å². The van der Waals surface area contributed by atoms with Crippen LogP contribution in [0, 0.1) is 0 Å². The van der Waals surface area contributed by atoms with Crippen LogP contribution in [-0.4, -0.2) is 17.8 Å². The van der Waals surface area contributed by atoms with E-state index in [9.17, 15) is 0 Å². The monoisotopic (exact) mass is 308 g/mol. The molecule has 1 N–H and O–H groups in total. The first-order valence-electron chi connectivity index (χ1n) is 6.40. The lowest BCUT2D eigenvalue weighted by Crippen LogP contribution is -2.11. The van der Waals surface area contributed by atoms with Crippen molar-refractivity contribution in [2.75, 3.05) is 12.8 Å². The smallest absolute Gasteiger partial charge is 0.238 e. The van der Waals surface area contributed by atoms with Crippen molar-refractivity contribution in [2.24, 2.45) is 0 Å². The maximum absolute atomic E-state index is 6.23. The molecule has 0 spiro atoms. The van der Waals surface area contributed by atoms with Gasteiger partial charge in [-0.1, -0.05) is 30.7 Å². The van der Waals surface area contributed by atoms with E-state index in [0.29, 0.717) is 10.9 Å². The zero-order valence-electron chi connectivity index (χ0n) is 11.5. The molecule has 0 aliphatic carbocycles. The molecule has 0 saturated carbocycles. The molecule has 0 amide bonds. The van der Waals surface area contributed by atoms with E-state index in [1.807, 2.05) is 36.6 Å². The molecule has 3 nitrogen and oxygen atoms in total. The third-order valence-electron chi connectivity index (χ3n) is 2.72. The summed E-state index contributed by atoms with van der Waals surface area (Å²) in [6, 6.07) is 9.72. The average molecular weight is 309 g/mol. The first-order valence-corrected chi connectivity index (χ1v) is 8.01. The summed E-state index contributed by atoms with van der Waals surface area (Å²) in [5.74, 6) is 1.21. The van der Waals surface area contributed by atoms with Crippen molar-refractivity contribution in [3.05, 3.63) is 47.1 Å². The van der Waals surface area contributed by atoms with Crippen molar-refractivity contribution in [3.8, 4) is 11.6 Å². The molecule has 0 radical (unpaired) electrons. The Morgan fingerprint density at radius 1 is 1.35 bits per heavy atom. The van der Waals surface area contributed by atoms with E-state index in [1.165, 1.54) is 0 Å². The predicted molar refractivity (Wildman–Crippen MR) is 84.9 cm³/mol. The van der Waals surface area contributed by atoms with Crippen molar-refractivity contribution in [1.29, 1.82) is 0 Å².